The van der Waals surface area contributed by atoms with E-state index in [1.54, 1.807) is 28.4 Å². The number of hydrogen-bond donors (Lipinski definition) is 0. The van der Waals surface area contributed by atoms with E-state index in [1.807, 2.05) is 18.0 Å². The van der Waals surface area contributed by atoms with Crippen LogP contribution in [0.2, 0.25) is 0 Å². The zero-order valence-electron chi connectivity index (χ0n) is 17.3. The summed E-state index contributed by atoms with van der Waals surface area (Å²) in [6, 6.07) is 12.3. The molecule has 4 nitrogen and oxygen atoms in total. The largest absolute Gasteiger partial charge is 0.493 e. The maximum atomic E-state index is 5.41. The van der Waals surface area contributed by atoms with Crippen molar-refractivity contribution < 1.29 is 18.9 Å². The summed E-state index contributed by atoms with van der Waals surface area (Å²) in [4.78, 5) is 0. The van der Waals surface area contributed by atoms with Gasteiger partial charge in [0.25, 0.3) is 0 Å². The van der Waals surface area contributed by atoms with E-state index in [-0.39, 0.29) is 0 Å². The first-order valence-corrected chi connectivity index (χ1v) is 11.7. The van der Waals surface area contributed by atoms with Crippen LogP contribution in [-0.4, -0.2) is 39.6 Å². The smallest absolute Gasteiger partial charge is 0.160 e. The molecule has 0 aromatic heterocycles. The van der Waals surface area contributed by atoms with E-state index >= 15 is 0 Å². The molecule has 0 saturated carbocycles. The highest BCUT2D eigenvalue weighted by atomic mass is 79.9. The Balaban J connectivity index is 0.00000190. The lowest BCUT2D eigenvalue weighted by Crippen LogP contribution is -2.08. The van der Waals surface area contributed by atoms with Gasteiger partial charge in [-0.15, -0.1) is 0 Å². The monoisotopic (exact) mass is 516 g/mol. The van der Waals surface area contributed by atoms with Crippen LogP contribution in [0.1, 0.15) is 17.5 Å². The quantitative estimate of drug-likeness (QED) is 0.366. The fourth-order valence-corrected chi connectivity index (χ4v) is 3.53. The molecule has 0 fully saturated rings. The standard InChI is InChI=1S/C21H27BrO4.CH3Br/c1-23-18-9-7-15(12-20(18)25-3)5-6-17(14-22)11-16-8-10-19(24-2)21(13-16)26-4;1-2/h7-10,12-13,17H,5-6,11,14H2,1-4H3;1H3. The Morgan fingerprint density at radius 3 is 1.64 bits per heavy atom. The van der Waals surface area contributed by atoms with E-state index in [9.17, 15) is 0 Å². The Labute approximate surface area is 185 Å². The van der Waals surface area contributed by atoms with Gasteiger partial charge in [-0.3, -0.25) is 0 Å². The summed E-state index contributed by atoms with van der Waals surface area (Å²) in [5.41, 5.74) is 2.50. The minimum atomic E-state index is 0.529. The molecular weight excluding hydrogens is 488 g/mol. The minimum Gasteiger partial charge on any atom is -0.493 e. The van der Waals surface area contributed by atoms with Crippen molar-refractivity contribution in [3.05, 3.63) is 47.5 Å². The number of methoxy groups -OCH3 is 4. The van der Waals surface area contributed by atoms with Gasteiger partial charge >= 0.3 is 0 Å². The SMILES string of the molecule is CBr.COc1ccc(CCC(CBr)Cc2ccc(OC)c(OC)c2)cc1OC. The van der Waals surface area contributed by atoms with Gasteiger partial charge < -0.3 is 18.9 Å². The summed E-state index contributed by atoms with van der Waals surface area (Å²) >= 11 is 6.60. The number of halogens is 2. The van der Waals surface area contributed by atoms with Crippen molar-refractivity contribution in [2.24, 2.45) is 5.92 Å². The first-order valence-electron chi connectivity index (χ1n) is 9.00. The van der Waals surface area contributed by atoms with Crippen molar-refractivity contribution in [1.29, 1.82) is 0 Å². The molecule has 0 saturated heterocycles. The van der Waals surface area contributed by atoms with Crippen LogP contribution in [0.3, 0.4) is 0 Å². The van der Waals surface area contributed by atoms with Gasteiger partial charge in [-0.1, -0.05) is 44.0 Å². The number of hydrogen-bond acceptors (Lipinski definition) is 4. The molecule has 2 rings (SSSR count). The van der Waals surface area contributed by atoms with Crippen molar-refractivity contribution in [1.82, 2.24) is 0 Å². The van der Waals surface area contributed by atoms with Crippen LogP contribution in [0.4, 0.5) is 0 Å². The van der Waals surface area contributed by atoms with Crippen LogP contribution >= 0.6 is 31.9 Å². The van der Waals surface area contributed by atoms with E-state index in [0.717, 1.165) is 47.6 Å². The molecule has 2 aromatic rings. The summed E-state index contributed by atoms with van der Waals surface area (Å²) < 4.78 is 21.4. The molecule has 0 N–H and O–H groups in total. The summed E-state index contributed by atoms with van der Waals surface area (Å²) in [6.45, 7) is 0. The summed E-state index contributed by atoms with van der Waals surface area (Å²) in [5.74, 6) is 5.42. The predicted molar refractivity (Wildman–Crippen MR) is 123 cm³/mol. The van der Waals surface area contributed by atoms with Gasteiger partial charge in [0.05, 0.1) is 28.4 Å². The molecule has 2 aromatic carbocycles. The molecule has 0 radical (unpaired) electrons. The average Bonchev–Trinajstić information content (AvgIpc) is 2.77. The normalized spacial score (nSPS) is 11.1. The predicted octanol–water partition coefficient (Wildman–Crippen LogP) is 5.92. The van der Waals surface area contributed by atoms with Gasteiger partial charge in [-0.2, -0.15) is 0 Å². The topological polar surface area (TPSA) is 36.9 Å². The van der Waals surface area contributed by atoms with Crippen molar-refractivity contribution in [2.45, 2.75) is 19.3 Å². The third-order valence-corrected chi connectivity index (χ3v) is 5.40. The van der Waals surface area contributed by atoms with E-state index in [1.165, 1.54) is 11.1 Å². The Morgan fingerprint density at radius 2 is 1.18 bits per heavy atom. The lowest BCUT2D eigenvalue weighted by Gasteiger charge is -2.16. The fraction of sp³-hybridized carbons (Fsp3) is 0.455. The van der Waals surface area contributed by atoms with Crippen LogP contribution < -0.4 is 18.9 Å². The second-order valence-corrected chi connectivity index (χ2v) is 6.79. The summed E-state index contributed by atoms with van der Waals surface area (Å²) in [5, 5.41) is 0.953. The van der Waals surface area contributed by atoms with Crippen molar-refractivity contribution >= 4 is 31.9 Å². The molecule has 0 aliphatic rings. The number of benzene rings is 2. The maximum absolute atomic E-state index is 5.41. The lowest BCUT2D eigenvalue weighted by atomic mass is 9.94. The third-order valence-electron chi connectivity index (χ3n) is 4.48. The second kappa shape index (κ2) is 13.7. The number of alkyl halides is 2. The summed E-state index contributed by atoms with van der Waals surface area (Å²) in [7, 11) is 6.64. The molecule has 28 heavy (non-hydrogen) atoms. The van der Waals surface area contributed by atoms with E-state index in [4.69, 9.17) is 18.9 Å². The van der Waals surface area contributed by atoms with Crippen LogP contribution in [-0.2, 0) is 12.8 Å². The van der Waals surface area contributed by atoms with Gasteiger partial charge in [0, 0.05) is 5.33 Å². The Kier molecular flexibility index (Phi) is 12.1. The van der Waals surface area contributed by atoms with Crippen LogP contribution in [0, 0.1) is 5.92 Å². The Morgan fingerprint density at radius 1 is 0.714 bits per heavy atom. The third kappa shape index (κ3) is 7.21. The summed E-state index contributed by atoms with van der Waals surface area (Å²) in [6.07, 6.45) is 3.05. The first-order chi connectivity index (χ1) is 13.6. The molecule has 1 unspecified atom stereocenters. The number of ether oxygens (including phenoxy) is 4. The highest BCUT2D eigenvalue weighted by Crippen LogP contribution is 2.31. The van der Waals surface area contributed by atoms with Gasteiger partial charge in [0.2, 0.25) is 0 Å². The van der Waals surface area contributed by atoms with Crippen LogP contribution in [0.5, 0.6) is 23.0 Å². The van der Waals surface area contributed by atoms with Crippen LogP contribution in [0.25, 0.3) is 0 Å². The molecule has 0 aliphatic heterocycles. The molecule has 0 amide bonds. The highest BCUT2D eigenvalue weighted by molar-refractivity contribution is 9.09. The van der Waals surface area contributed by atoms with E-state index in [2.05, 4.69) is 56.1 Å². The van der Waals surface area contributed by atoms with Crippen molar-refractivity contribution in [2.75, 3.05) is 39.6 Å². The fourth-order valence-electron chi connectivity index (χ4n) is 2.98. The minimum absolute atomic E-state index is 0.529. The van der Waals surface area contributed by atoms with Crippen molar-refractivity contribution in [3.63, 3.8) is 0 Å². The molecule has 1 atom stereocenters. The van der Waals surface area contributed by atoms with Gasteiger partial charge in [-0.05, 0) is 66.4 Å². The molecule has 156 valence electrons. The first kappa shape index (κ1) is 24.6. The Bertz CT molecular complexity index is 707. The zero-order valence-corrected chi connectivity index (χ0v) is 20.4. The molecule has 0 heterocycles. The Hall–Kier alpha value is -1.40. The van der Waals surface area contributed by atoms with Crippen molar-refractivity contribution in [3.8, 4) is 23.0 Å². The maximum Gasteiger partial charge on any atom is 0.160 e. The lowest BCUT2D eigenvalue weighted by molar-refractivity contribution is 0.354. The van der Waals surface area contributed by atoms with E-state index < -0.39 is 0 Å². The average molecular weight is 518 g/mol. The highest BCUT2D eigenvalue weighted by Gasteiger charge is 2.12. The zero-order chi connectivity index (χ0) is 20.9. The second-order valence-electron chi connectivity index (χ2n) is 6.14. The van der Waals surface area contributed by atoms with Crippen LogP contribution in [0.15, 0.2) is 36.4 Å². The number of rotatable bonds is 10. The van der Waals surface area contributed by atoms with Gasteiger partial charge in [-0.25, -0.2) is 0 Å². The molecular formula is C22H30Br2O4. The number of aryl methyl sites for hydroxylation is 1. The van der Waals surface area contributed by atoms with E-state index in [0.29, 0.717) is 5.92 Å². The van der Waals surface area contributed by atoms with Gasteiger partial charge in [0.1, 0.15) is 0 Å². The molecule has 0 bridgehead atoms. The molecule has 0 spiro atoms. The van der Waals surface area contributed by atoms with Gasteiger partial charge in [0.15, 0.2) is 23.0 Å². The molecule has 6 heteroatoms. The molecule has 0 aliphatic carbocycles.